The summed E-state index contributed by atoms with van der Waals surface area (Å²) < 4.78 is 4.84. The smallest absolute Gasteiger partial charge is 0.330 e. The molecule has 0 spiro atoms. The lowest BCUT2D eigenvalue weighted by atomic mass is 10.6. The van der Waals surface area contributed by atoms with E-state index >= 15 is 0 Å². The lowest BCUT2D eigenvalue weighted by Crippen LogP contribution is -2.03. The second-order valence-corrected chi connectivity index (χ2v) is 4.10. The molecule has 2 rings (SSSR count). The van der Waals surface area contributed by atoms with E-state index in [9.17, 15) is 4.79 Å². The number of carbonyl (C=O) groups excluding carboxylic acids is 1. The molecule has 0 saturated carbocycles. The van der Waals surface area contributed by atoms with Gasteiger partial charge in [0.05, 0.1) is 6.20 Å². The molecule has 7 heteroatoms. The maximum Gasteiger partial charge on any atom is 0.330 e. The Balaban J connectivity index is 1.87. The number of thioether (sulfide) groups is 1. The maximum atomic E-state index is 10.8. The van der Waals surface area contributed by atoms with Gasteiger partial charge in [-0.1, -0.05) is 18.3 Å². The van der Waals surface area contributed by atoms with Crippen LogP contribution in [0.1, 0.15) is 0 Å². The highest BCUT2D eigenvalue weighted by atomic mass is 32.2. The number of H-pyrrole nitrogens is 1. The van der Waals surface area contributed by atoms with Crippen LogP contribution in [0.2, 0.25) is 0 Å². The molecule has 1 N–H and O–H groups in total. The van der Waals surface area contributed by atoms with Gasteiger partial charge < -0.3 is 9.72 Å². The molecule has 0 atom stereocenters. The molecule has 0 saturated heterocycles. The van der Waals surface area contributed by atoms with Crippen LogP contribution in [-0.2, 0) is 9.53 Å². The molecule has 0 aliphatic rings. The molecule has 0 unspecified atom stereocenters. The van der Waals surface area contributed by atoms with Crippen molar-refractivity contribution in [1.29, 1.82) is 0 Å². The Kier molecular flexibility index (Phi) is 3.71. The summed E-state index contributed by atoms with van der Waals surface area (Å²) in [6.45, 7) is 3.63. The Morgan fingerprint density at radius 3 is 3.29 bits per heavy atom. The largest absolute Gasteiger partial charge is 0.462 e. The van der Waals surface area contributed by atoms with Crippen LogP contribution >= 0.6 is 11.8 Å². The first-order valence-electron chi connectivity index (χ1n) is 4.87. The normalized spacial score (nSPS) is 10.4. The topological polar surface area (TPSA) is 80.8 Å². The first kappa shape index (κ1) is 11.6. The van der Waals surface area contributed by atoms with E-state index in [1.54, 1.807) is 6.20 Å². The summed E-state index contributed by atoms with van der Waals surface area (Å²) in [5.41, 5.74) is 1.42. The van der Waals surface area contributed by atoms with Crippen LogP contribution in [0.5, 0.6) is 0 Å². The number of carbonyl (C=O) groups is 1. The minimum atomic E-state index is -0.416. The molecular weight excluding hydrogens is 240 g/mol. The number of rotatable bonds is 5. The van der Waals surface area contributed by atoms with Gasteiger partial charge in [-0.2, -0.15) is 0 Å². The zero-order valence-electron chi connectivity index (χ0n) is 8.92. The van der Waals surface area contributed by atoms with Crippen molar-refractivity contribution >= 4 is 28.9 Å². The second-order valence-electron chi connectivity index (χ2n) is 3.02. The van der Waals surface area contributed by atoms with Gasteiger partial charge in [0.15, 0.2) is 10.8 Å². The fraction of sp³-hybridized carbons (Fsp3) is 0.200. The Hall–Kier alpha value is -1.89. The molecule has 2 heterocycles. The average Bonchev–Trinajstić information content (AvgIpc) is 2.76. The Morgan fingerprint density at radius 1 is 1.65 bits per heavy atom. The number of ether oxygens (including phenoxy) is 1. The first-order chi connectivity index (χ1) is 8.29. The van der Waals surface area contributed by atoms with Crippen molar-refractivity contribution in [2.75, 3.05) is 12.4 Å². The number of nitrogens with zero attached hydrogens (tertiary/aromatic N) is 3. The summed E-state index contributed by atoms with van der Waals surface area (Å²) in [6.07, 6.45) is 4.24. The number of esters is 1. The van der Waals surface area contributed by atoms with Crippen LogP contribution < -0.4 is 0 Å². The van der Waals surface area contributed by atoms with Crippen molar-refractivity contribution in [3.63, 3.8) is 0 Å². The molecular formula is C10H10N4O2S. The number of nitrogens with one attached hydrogen (secondary N) is 1. The highest BCUT2D eigenvalue weighted by Gasteiger charge is 2.04. The van der Waals surface area contributed by atoms with E-state index in [4.69, 9.17) is 4.74 Å². The molecule has 0 aliphatic heterocycles. The number of fused-ring (bicyclic) bond motifs is 1. The van der Waals surface area contributed by atoms with Crippen LogP contribution in [0.3, 0.4) is 0 Å². The van der Waals surface area contributed by atoms with E-state index in [-0.39, 0.29) is 0 Å². The quantitative estimate of drug-likeness (QED) is 0.371. The molecule has 0 aliphatic carbocycles. The van der Waals surface area contributed by atoms with E-state index in [0.29, 0.717) is 18.0 Å². The molecule has 17 heavy (non-hydrogen) atoms. The van der Waals surface area contributed by atoms with E-state index in [1.807, 2.05) is 0 Å². The lowest BCUT2D eigenvalue weighted by Gasteiger charge is -1.99. The van der Waals surface area contributed by atoms with Gasteiger partial charge in [0.25, 0.3) is 0 Å². The summed E-state index contributed by atoms with van der Waals surface area (Å²) in [6, 6.07) is 0. The van der Waals surface area contributed by atoms with Crippen LogP contribution in [0, 0.1) is 0 Å². The number of hydrogen-bond donors (Lipinski definition) is 1. The molecule has 0 radical (unpaired) electrons. The third-order valence-corrected chi connectivity index (χ3v) is 2.71. The van der Waals surface area contributed by atoms with Gasteiger partial charge in [-0.3, -0.25) is 0 Å². The van der Waals surface area contributed by atoms with Crippen molar-refractivity contribution in [2.24, 2.45) is 0 Å². The lowest BCUT2D eigenvalue weighted by molar-refractivity contribution is -0.137. The minimum absolute atomic E-state index is 0.318. The summed E-state index contributed by atoms with van der Waals surface area (Å²) in [5.74, 6) is 0.202. The third kappa shape index (κ3) is 3.04. The predicted octanol–water partition coefficient (Wildman–Crippen LogP) is 1.17. The van der Waals surface area contributed by atoms with E-state index < -0.39 is 5.97 Å². The number of aromatic nitrogens is 4. The van der Waals surface area contributed by atoms with Gasteiger partial charge in [-0.05, 0) is 0 Å². The second kappa shape index (κ2) is 5.44. The number of imidazole rings is 1. The zero-order chi connectivity index (χ0) is 12.1. The summed E-state index contributed by atoms with van der Waals surface area (Å²) in [4.78, 5) is 26.0. The first-order valence-corrected chi connectivity index (χ1v) is 5.86. The average molecular weight is 250 g/mol. The fourth-order valence-corrected chi connectivity index (χ4v) is 1.84. The standard InChI is InChI=1S/C10H10N4O2S/c1-2-8(15)16-3-4-17-10-13-7-5-11-6-12-9(7)14-10/h2,5-6H,1,3-4H2,(H,11,12,13,14). The summed E-state index contributed by atoms with van der Waals surface area (Å²) in [7, 11) is 0. The van der Waals surface area contributed by atoms with Crippen LogP contribution in [0.15, 0.2) is 30.3 Å². The van der Waals surface area contributed by atoms with Crippen molar-refractivity contribution in [2.45, 2.75) is 5.16 Å². The predicted molar refractivity (Wildman–Crippen MR) is 63.6 cm³/mol. The van der Waals surface area contributed by atoms with Crippen molar-refractivity contribution in [1.82, 2.24) is 19.9 Å². The van der Waals surface area contributed by atoms with Crippen LogP contribution in [0.4, 0.5) is 0 Å². The SMILES string of the molecule is C=CC(=O)OCCSc1nc2cncnc2[nH]1. The fourth-order valence-electron chi connectivity index (χ4n) is 1.15. The van der Waals surface area contributed by atoms with Gasteiger partial charge in [0.2, 0.25) is 0 Å². The van der Waals surface area contributed by atoms with Gasteiger partial charge >= 0.3 is 5.97 Å². The summed E-state index contributed by atoms with van der Waals surface area (Å²) in [5, 5.41) is 0.732. The summed E-state index contributed by atoms with van der Waals surface area (Å²) >= 11 is 1.45. The van der Waals surface area contributed by atoms with Crippen molar-refractivity contribution < 1.29 is 9.53 Å². The van der Waals surface area contributed by atoms with E-state index in [1.165, 1.54) is 18.1 Å². The van der Waals surface area contributed by atoms with Gasteiger partial charge in [-0.15, -0.1) is 0 Å². The molecule has 2 aromatic heterocycles. The van der Waals surface area contributed by atoms with Crippen LogP contribution in [0.25, 0.3) is 11.2 Å². The van der Waals surface area contributed by atoms with Crippen molar-refractivity contribution in [3.8, 4) is 0 Å². The maximum absolute atomic E-state index is 10.8. The highest BCUT2D eigenvalue weighted by Crippen LogP contribution is 2.16. The monoisotopic (exact) mass is 250 g/mol. The molecule has 2 aromatic rings. The molecule has 88 valence electrons. The molecule has 0 amide bonds. The third-order valence-electron chi connectivity index (χ3n) is 1.87. The molecule has 0 bridgehead atoms. The number of hydrogen-bond acceptors (Lipinski definition) is 6. The van der Waals surface area contributed by atoms with Gasteiger partial charge in [0, 0.05) is 11.8 Å². The Labute approximate surface area is 102 Å². The van der Waals surface area contributed by atoms with Crippen molar-refractivity contribution in [3.05, 3.63) is 25.2 Å². The van der Waals surface area contributed by atoms with E-state index in [2.05, 4.69) is 26.5 Å². The molecule has 0 fully saturated rings. The highest BCUT2D eigenvalue weighted by molar-refractivity contribution is 7.99. The molecule has 0 aromatic carbocycles. The number of aromatic amines is 1. The van der Waals surface area contributed by atoms with Gasteiger partial charge in [-0.25, -0.2) is 19.7 Å². The van der Waals surface area contributed by atoms with E-state index in [0.717, 1.165) is 16.7 Å². The zero-order valence-corrected chi connectivity index (χ0v) is 9.74. The Morgan fingerprint density at radius 2 is 2.53 bits per heavy atom. The van der Waals surface area contributed by atoms with Gasteiger partial charge in [0.1, 0.15) is 18.5 Å². The molecule has 6 nitrogen and oxygen atoms in total. The van der Waals surface area contributed by atoms with Crippen LogP contribution in [-0.4, -0.2) is 38.3 Å². The minimum Gasteiger partial charge on any atom is -0.462 e. The Bertz CT molecular complexity index is 507.